The lowest BCUT2D eigenvalue weighted by atomic mass is 10.1. The minimum Gasteiger partial charge on any atom is -0.490 e. The molecule has 3 heterocycles. The molecule has 2 aliphatic heterocycles. The zero-order valence-corrected chi connectivity index (χ0v) is 16.6. The van der Waals surface area contributed by atoms with Crippen LogP contribution < -0.4 is 4.74 Å². The van der Waals surface area contributed by atoms with Crippen molar-refractivity contribution in [2.75, 3.05) is 26.2 Å². The summed E-state index contributed by atoms with van der Waals surface area (Å²) in [5.41, 5.74) is 0.754. The van der Waals surface area contributed by atoms with E-state index >= 15 is 0 Å². The molecule has 1 aromatic carbocycles. The van der Waals surface area contributed by atoms with Gasteiger partial charge in [-0.15, -0.1) is 10.2 Å². The Kier molecular flexibility index (Phi) is 5.90. The van der Waals surface area contributed by atoms with E-state index in [9.17, 15) is 4.79 Å². The van der Waals surface area contributed by atoms with Gasteiger partial charge in [-0.3, -0.25) is 9.69 Å². The van der Waals surface area contributed by atoms with Crippen LogP contribution in [-0.2, 0) is 13.1 Å². The Morgan fingerprint density at radius 2 is 1.82 bits per heavy atom. The van der Waals surface area contributed by atoms with Crippen LogP contribution in [0.4, 0.5) is 0 Å². The number of aromatic nitrogens is 3. The summed E-state index contributed by atoms with van der Waals surface area (Å²) in [5, 5.41) is 8.24. The third-order valence-electron chi connectivity index (χ3n) is 5.73. The Labute approximate surface area is 166 Å². The Morgan fingerprint density at radius 3 is 2.50 bits per heavy atom. The normalized spacial score (nSPS) is 18.5. The maximum absolute atomic E-state index is 12.4. The molecule has 1 aromatic heterocycles. The number of nitrogens with zero attached hydrogens (tertiary/aromatic N) is 5. The van der Waals surface area contributed by atoms with Crippen molar-refractivity contribution < 1.29 is 9.53 Å². The molecule has 7 nitrogen and oxygen atoms in total. The Bertz CT molecular complexity index is 774. The van der Waals surface area contributed by atoms with E-state index in [1.807, 2.05) is 29.2 Å². The third-order valence-corrected chi connectivity index (χ3v) is 5.73. The zero-order chi connectivity index (χ0) is 19.3. The first-order valence-electron chi connectivity index (χ1n) is 10.4. The molecule has 2 aliphatic rings. The van der Waals surface area contributed by atoms with Crippen LogP contribution in [0, 0.1) is 0 Å². The highest BCUT2D eigenvalue weighted by Crippen LogP contribution is 2.21. The molecule has 2 fully saturated rings. The van der Waals surface area contributed by atoms with Gasteiger partial charge in [0, 0.05) is 38.3 Å². The van der Waals surface area contributed by atoms with Crippen LogP contribution in [-0.4, -0.2) is 62.8 Å². The summed E-state index contributed by atoms with van der Waals surface area (Å²) in [6.07, 6.45) is 6.23. The Hall–Kier alpha value is -2.41. The molecule has 0 N–H and O–H groups in total. The molecule has 1 amide bonds. The number of rotatable bonds is 6. The van der Waals surface area contributed by atoms with Crippen molar-refractivity contribution in [1.82, 2.24) is 24.6 Å². The van der Waals surface area contributed by atoms with Gasteiger partial charge in [-0.1, -0.05) is 0 Å². The molecule has 150 valence electrons. The summed E-state index contributed by atoms with van der Waals surface area (Å²) in [4.78, 5) is 16.8. The molecular weight excluding hydrogens is 354 g/mol. The molecule has 0 atom stereocenters. The molecule has 28 heavy (non-hydrogen) atoms. The molecule has 4 rings (SSSR count). The van der Waals surface area contributed by atoms with Gasteiger partial charge in [0.05, 0.1) is 6.54 Å². The van der Waals surface area contributed by atoms with Crippen LogP contribution in [0.2, 0.25) is 0 Å². The lowest BCUT2D eigenvalue weighted by molar-refractivity contribution is 0.0792. The SMILES string of the molecule is CCn1cnnc1CN1CCC(Oc2ccc(C(=O)N3CCCC3)cc2)CC1. The number of carbonyl (C=O) groups excluding carboxylic acids is 1. The summed E-state index contributed by atoms with van der Waals surface area (Å²) in [6, 6.07) is 7.64. The number of likely N-dealkylation sites (tertiary alicyclic amines) is 2. The van der Waals surface area contributed by atoms with E-state index in [2.05, 4.69) is 26.6 Å². The fraction of sp³-hybridized carbons (Fsp3) is 0.571. The molecule has 7 heteroatoms. The van der Waals surface area contributed by atoms with Gasteiger partial charge in [-0.2, -0.15) is 0 Å². The van der Waals surface area contributed by atoms with Crippen LogP contribution in [0.3, 0.4) is 0 Å². The first-order chi connectivity index (χ1) is 13.7. The number of carbonyl (C=O) groups is 1. The van der Waals surface area contributed by atoms with E-state index in [4.69, 9.17) is 4.74 Å². The average Bonchev–Trinajstić information content (AvgIpc) is 3.41. The highest BCUT2D eigenvalue weighted by atomic mass is 16.5. The van der Waals surface area contributed by atoms with Crippen molar-refractivity contribution >= 4 is 5.91 Å². The van der Waals surface area contributed by atoms with Crippen LogP contribution in [0.15, 0.2) is 30.6 Å². The fourth-order valence-electron chi connectivity index (χ4n) is 4.02. The van der Waals surface area contributed by atoms with Crippen LogP contribution in [0.1, 0.15) is 48.8 Å². The van der Waals surface area contributed by atoms with E-state index in [1.54, 1.807) is 6.33 Å². The second-order valence-electron chi connectivity index (χ2n) is 7.65. The molecule has 2 aromatic rings. The number of amides is 1. The topological polar surface area (TPSA) is 63.5 Å². The fourth-order valence-corrected chi connectivity index (χ4v) is 4.02. The van der Waals surface area contributed by atoms with Gasteiger partial charge >= 0.3 is 0 Å². The molecule has 0 saturated carbocycles. The Balaban J connectivity index is 1.26. The lowest BCUT2D eigenvalue weighted by Crippen LogP contribution is -2.38. The second kappa shape index (κ2) is 8.73. The summed E-state index contributed by atoms with van der Waals surface area (Å²) < 4.78 is 8.25. The van der Waals surface area contributed by atoms with E-state index in [1.165, 1.54) is 0 Å². The predicted molar refractivity (Wildman–Crippen MR) is 106 cm³/mol. The molecule has 0 unspecified atom stereocenters. The van der Waals surface area contributed by atoms with Crippen molar-refractivity contribution in [3.05, 3.63) is 42.0 Å². The summed E-state index contributed by atoms with van der Waals surface area (Å²) >= 11 is 0. The number of aryl methyl sites for hydroxylation is 1. The van der Waals surface area contributed by atoms with Gasteiger partial charge in [-0.25, -0.2) is 0 Å². The van der Waals surface area contributed by atoms with Gasteiger partial charge < -0.3 is 14.2 Å². The number of ether oxygens (including phenoxy) is 1. The van der Waals surface area contributed by atoms with Crippen molar-refractivity contribution in [2.45, 2.75) is 51.8 Å². The summed E-state index contributed by atoms with van der Waals surface area (Å²) in [6.45, 7) is 7.59. The first-order valence-corrected chi connectivity index (χ1v) is 10.4. The summed E-state index contributed by atoms with van der Waals surface area (Å²) in [7, 11) is 0. The Morgan fingerprint density at radius 1 is 1.11 bits per heavy atom. The monoisotopic (exact) mass is 383 g/mol. The minimum atomic E-state index is 0.136. The smallest absolute Gasteiger partial charge is 0.253 e. The summed E-state index contributed by atoms with van der Waals surface area (Å²) in [5.74, 6) is 2.01. The molecule has 0 spiro atoms. The molecule has 2 saturated heterocycles. The van der Waals surface area contributed by atoms with Crippen molar-refractivity contribution in [2.24, 2.45) is 0 Å². The van der Waals surface area contributed by atoms with Crippen LogP contribution in [0.25, 0.3) is 0 Å². The number of hydrogen-bond donors (Lipinski definition) is 0. The van der Waals surface area contributed by atoms with Gasteiger partial charge in [0.25, 0.3) is 5.91 Å². The average molecular weight is 383 g/mol. The lowest BCUT2D eigenvalue weighted by Gasteiger charge is -2.31. The van der Waals surface area contributed by atoms with E-state index in [0.717, 1.165) is 82.1 Å². The van der Waals surface area contributed by atoms with E-state index in [-0.39, 0.29) is 12.0 Å². The van der Waals surface area contributed by atoms with Gasteiger partial charge in [0.1, 0.15) is 24.0 Å². The van der Waals surface area contributed by atoms with Crippen molar-refractivity contribution in [1.29, 1.82) is 0 Å². The maximum Gasteiger partial charge on any atom is 0.253 e. The quantitative estimate of drug-likeness (QED) is 0.767. The molecule has 0 bridgehead atoms. The van der Waals surface area contributed by atoms with Gasteiger partial charge in [0.2, 0.25) is 0 Å². The van der Waals surface area contributed by atoms with Gasteiger partial charge in [-0.05, 0) is 56.9 Å². The number of piperidine rings is 1. The zero-order valence-electron chi connectivity index (χ0n) is 16.6. The second-order valence-corrected chi connectivity index (χ2v) is 7.65. The van der Waals surface area contributed by atoms with E-state index in [0.29, 0.717) is 0 Å². The molecular formula is C21H29N5O2. The largest absolute Gasteiger partial charge is 0.490 e. The van der Waals surface area contributed by atoms with Crippen LogP contribution in [0.5, 0.6) is 5.75 Å². The van der Waals surface area contributed by atoms with Gasteiger partial charge in [0.15, 0.2) is 0 Å². The predicted octanol–water partition coefficient (Wildman–Crippen LogP) is 2.58. The van der Waals surface area contributed by atoms with Crippen LogP contribution >= 0.6 is 0 Å². The van der Waals surface area contributed by atoms with Crippen molar-refractivity contribution in [3.63, 3.8) is 0 Å². The first kappa shape index (κ1) is 18.9. The highest BCUT2D eigenvalue weighted by molar-refractivity contribution is 5.94. The van der Waals surface area contributed by atoms with Crippen molar-refractivity contribution in [3.8, 4) is 5.75 Å². The molecule has 0 radical (unpaired) electrons. The van der Waals surface area contributed by atoms with E-state index < -0.39 is 0 Å². The standard InChI is InChI=1S/C21H29N5O2/c1-2-25-16-22-23-20(25)15-24-13-9-19(10-14-24)28-18-7-5-17(6-8-18)21(27)26-11-3-4-12-26/h5-8,16,19H,2-4,9-15H2,1H3. The number of benzene rings is 1. The minimum absolute atomic E-state index is 0.136. The molecule has 0 aliphatic carbocycles. The maximum atomic E-state index is 12.4. The number of hydrogen-bond acceptors (Lipinski definition) is 5. The third kappa shape index (κ3) is 4.35. The highest BCUT2D eigenvalue weighted by Gasteiger charge is 2.23.